The number of aromatic nitrogens is 3. The van der Waals surface area contributed by atoms with Crippen LogP contribution in [0.25, 0.3) is 16.4 Å². The molecule has 1 fully saturated rings. The molecule has 2 aromatic heterocycles. The number of hydrogen-bond acceptors (Lipinski definition) is 7. The molecular formula is C19H20N4O3S3. The third-order valence-electron chi connectivity index (χ3n) is 4.86. The third-order valence-corrected chi connectivity index (χ3v) is 8.39. The lowest BCUT2D eigenvalue weighted by atomic mass is 10.2. The van der Waals surface area contributed by atoms with Crippen LogP contribution in [0.5, 0.6) is 0 Å². The second-order valence-electron chi connectivity index (χ2n) is 6.80. The number of amides is 1. The number of thioether (sulfide) groups is 1. The van der Waals surface area contributed by atoms with Crippen molar-refractivity contribution in [2.75, 3.05) is 24.3 Å². The highest BCUT2D eigenvalue weighted by Gasteiger charge is 2.32. The first-order chi connectivity index (χ1) is 13.9. The lowest BCUT2D eigenvalue weighted by Crippen LogP contribution is -2.38. The predicted molar refractivity (Wildman–Crippen MR) is 115 cm³/mol. The Morgan fingerprint density at radius 3 is 2.69 bits per heavy atom. The van der Waals surface area contributed by atoms with E-state index < -0.39 is 9.84 Å². The largest absolute Gasteiger partial charge is 0.341 e. The fourth-order valence-electron chi connectivity index (χ4n) is 3.25. The van der Waals surface area contributed by atoms with Gasteiger partial charge in [0.05, 0.1) is 22.1 Å². The summed E-state index contributed by atoms with van der Waals surface area (Å²) >= 11 is 2.89. The van der Waals surface area contributed by atoms with Crippen LogP contribution in [0.2, 0.25) is 0 Å². The number of thiophene rings is 1. The molecule has 3 aromatic rings. The molecule has 29 heavy (non-hydrogen) atoms. The number of carbonyl (C=O) groups excluding carboxylic acids is 1. The van der Waals surface area contributed by atoms with Gasteiger partial charge in [-0.25, -0.2) is 8.42 Å². The van der Waals surface area contributed by atoms with Crippen molar-refractivity contribution in [3.8, 4) is 16.4 Å². The minimum absolute atomic E-state index is 0.0443. The van der Waals surface area contributed by atoms with E-state index in [0.717, 1.165) is 16.4 Å². The molecule has 3 heterocycles. The van der Waals surface area contributed by atoms with Gasteiger partial charge in [-0.15, -0.1) is 21.5 Å². The Balaban J connectivity index is 1.54. The van der Waals surface area contributed by atoms with E-state index in [4.69, 9.17) is 0 Å². The number of carbonyl (C=O) groups is 1. The molecule has 0 saturated carbocycles. The van der Waals surface area contributed by atoms with Crippen molar-refractivity contribution in [1.29, 1.82) is 0 Å². The highest BCUT2D eigenvalue weighted by Crippen LogP contribution is 2.30. The van der Waals surface area contributed by atoms with Crippen molar-refractivity contribution in [3.63, 3.8) is 0 Å². The molecule has 0 N–H and O–H groups in total. The zero-order valence-electron chi connectivity index (χ0n) is 15.8. The standard InChI is InChI=1S/C19H20N4O3S3/c1-22(15-9-11-29(25,26)13-15)17(24)12-28-19-21-20-18(16-8-5-10-27-16)23(19)14-6-3-2-4-7-14/h2-8,10,15H,9,11-13H2,1H3. The van der Waals surface area contributed by atoms with Gasteiger partial charge in [0.15, 0.2) is 20.8 Å². The molecule has 10 heteroatoms. The molecule has 152 valence electrons. The average molecular weight is 449 g/mol. The van der Waals surface area contributed by atoms with Gasteiger partial charge in [-0.1, -0.05) is 36.0 Å². The lowest BCUT2D eigenvalue weighted by molar-refractivity contribution is -0.128. The average Bonchev–Trinajstić information content (AvgIpc) is 3.45. The van der Waals surface area contributed by atoms with Crippen LogP contribution in [-0.4, -0.2) is 64.3 Å². The Bertz CT molecular complexity index is 1100. The normalized spacial score (nSPS) is 18.0. The van der Waals surface area contributed by atoms with E-state index in [1.807, 2.05) is 52.4 Å². The second-order valence-corrected chi connectivity index (χ2v) is 10.9. The summed E-state index contributed by atoms with van der Waals surface area (Å²) in [6.45, 7) is 0. The Morgan fingerprint density at radius 1 is 1.24 bits per heavy atom. The van der Waals surface area contributed by atoms with Crippen LogP contribution < -0.4 is 0 Å². The van der Waals surface area contributed by atoms with Crippen LogP contribution >= 0.6 is 23.1 Å². The second kappa shape index (κ2) is 8.29. The first kappa shape index (κ1) is 20.1. The smallest absolute Gasteiger partial charge is 0.233 e. The molecule has 0 radical (unpaired) electrons. The Morgan fingerprint density at radius 2 is 2.03 bits per heavy atom. The highest BCUT2D eigenvalue weighted by atomic mass is 32.2. The Hall–Kier alpha value is -2.17. The summed E-state index contributed by atoms with van der Waals surface area (Å²) < 4.78 is 25.3. The molecule has 0 bridgehead atoms. The van der Waals surface area contributed by atoms with Crippen LogP contribution in [0.15, 0.2) is 53.0 Å². The summed E-state index contributed by atoms with van der Waals surface area (Å²) in [6, 6.07) is 13.5. The van der Waals surface area contributed by atoms with Gasteiger partial charge in [0.2, 0.25) is 5.91 Å². The summed E-state index contributed by atoms with van der Waals surface area (Å²) in [7, 11) is -1.36. The molecular weight excluding hydrogens is 428 g/mol. The van der Waals surface area contributed by atoms with Gasteiger partial charge in [0.1, 0.15) is 0 Å². The first-order valence-electron chi connectivity index (χ1n) is 9.08. The van der Waals surface area contributed by atoms with Gasteiger partial charge in [0, 0.05) is 18.8 Å². The van der Waals surface area contributed by atoms with Crippen LogP contribution in [0, 0.1) is 0 Å². The molecule has 1 aliphatic rings. The van der Waals surface area contributed by atoms with Crippen molar-refractivity contribution >= 4 is 38.8 Å². The molecule has 0 spiro atoms. The van der Waals surface area contributed by atoms with E-state index in [-0.39, 0.29) is 29.2 Å². The van der Waals surface area contributed by atoms with Gasteiger partial charge < -0.3 is 4.90 Å². The quantitative estimate of drug-likeness (QED) is 0.539. The fraction of sp³-hybridized carbons (Fsp3) is 0.316. The van der Waals surface area contributed by atoms with Crippen LogP contribution in [0.3, 0.4) is 0 Å². The number of sulfone groups is 1. The van der Waals surface area contributed by atoms with Gasteiger partial charge >= 0.3 is 0 Å². The molecule has 1 unspecified atom stereocenters. The molecule has 4 rings (SSSR count). The topological polar surface area (TPSA) is 85.2 Å². The Labute approximate surface area is 177 Å². The molecule has 1 amide bonds. The van der Waals surface area contributed by atoms with Crippen molar-refractivity contribution in [2.45, 2.75) is 17.6 Å². The maximum Gasteiger partial charge on any atom is 0.233 e. The maximum absolute atomic E-state index is 12.7. The molecule has 1 atom stereocenters. The molecule has 1 aromatic carbocycles. The number of nitrogens with zero attached hydrogens (tertiary/aromatic N) is 4. The minimum atomic E-state index is -3.03. The van der Waals surface area contributed by atoms with E-state index in [9.17, 15) is 13.2 Å². The summed E-state index contributed by atoms with van der Waals surface area (Å²) in [5.74, 6) is 0.980. The van der Waals surface area contributed by atoms with E-state index in [1.165, 1.54) is 11.8 Å². The van der Waals surface area contributed by atoms with Crippen molar-refractivity contribution in [1.82, 2.24) is 19.7 Å². The molecule has 1 aliphatic heterocycles. The van der Waals surface area contributed by atoms with Crippen molar-refractivity contribution < 1.29 is 13.2 Å². The van der Waals surface area contributed by atoms with E-state index >= 15 is 0 Å². The van der Waals surface area contributed by atoms with E-state index in [1.54, 1.807) is 23.3 Å². The predicted octanol–water partition coefficient (Wildman–Crippen LogP) is 2.73. The van der Waals surface area contributed by atoms with Gasteiger partial charge in [-0.2, -0.15) is 0 Å². The molecule has 1 saturated heterocycles. The SMILES string of the molecule is CN(C(=O)CSc1nnc(-c2cccs2)n1-c1ccccc1)C1CCS(=O)(=O)C1. The monoisotopic (exact) mass is 448 g/mol. The van der Waals surface area contributed by atoms with Crippen LogP contribution in [-0.2, 0) is 14.6 Å². The maximum atomic E-state index is 12.7. The van der Waals surface area contributed by atoms with Gasteiger partial charge in [0.25, 0.3) is 0 Å². The summed E-state index contributed by atoms with van der Waals surface area (Å²) in [4.78, 5) is 15.2. The zero-order chi connectivity index (χ0) is 20.4. The number of rotatable bonds is 6. The van der Waals surface area contributed by atoms with E-state index in [2.05, 4.69) is 10.2 Å². The highest BCUT2D eigenvalue weighted by molar-refractivity contribution is 7.99. The van der Waals surface area contributed by atoms with Crippen molar-refractivity contribution in [2.24, 2.45) is 0 Å². The molecule has 7 nitrogen and oxygen atoms in total. The van der Waals surface area contributed by atoms with Gasteiger partial charge in [-0.3, -0.25) is 9.36 Å². The summed E-state index contributed by atoms with van der Waals surface area (Å²) in [5, 5.41) is 11.3. The van der Waals surface area contributed by atoms with Crippen molar-refractivity contribution in [3.05, 3.63) is 47.8 Å². The van der Waals surface area contributed by atoms with Crippen LogP contribution in [0.1, 0.15) is 6.42 Å². The molecule has 0 aliphatic carbocycles. The minimum Gasteiger partial charge on any atom is -0.341 e. The van der Waals surface area contributed by atoms with Gasteiger partial charge in [-0.05, 0) is 30.0 Å². The lowest BCUT2D eigenvalue weighted by Gasteiger charge is -2.23. The summed E-state index contributed by atoms with van der Waals surface area (Å²) in [6.07, 6.45) is 0.498. The number of para-hydroxylation sites is 1. The summed E-state index contributed by atoms with van der Waals surface area (Å²) in [5.41, 5.74) is 0.922. The zero-order valence-corrected chi connectivity index (χ0v) is 18.2. The first-order valence-corrected chi connectivity index (χ1v) is 12.8. The number of hydrogen-bond donors (Lipinski definition) is 0. The third kappa shape index (κ3) is 4.39. The number of benzene rings is 1. The Kier molecular flexibility index (Phi) is 5.75. The van der Waals surface area contributed by atoms with E-state index in [0.29, 0.717) is 11.6 Å². The fourth-order valence-corrected chi connectivity index (χ4v) is 6.60. The van der Waals surface area contributed by atoms with Crippen LogP contribution in [0.4, 0.5) is 0 Å².